The zero-order valence-corrected chi connectivity index (χ0v) is 12.9. The lowest BCUT2D eigenvalue weighted by Gasteiger charge is -2.15. The summed E-state index contributed by atoms with van der Waals surface area (Å²) in [6.07, 6.45) is 0. The molecule has 1 rings (SSSR count). The van der Waals surface area contributed by atoms with Gasteiger partial charge in [-0.15, -0.1) is 0 Å². The highest BCUT2D eigenvalue weighted by atomic mass is 32.2. The van der Waals surface area contributed by atoms with Crippen LogP contribution in [0.2, 0.25) is 0 Å². The number of ether oxygens (including phenoxy) is 2. The highest BCUT2D eigenvalue weighted by molar-refractivity contribution is 7.89. The van der Waals surface area contributed by atoms with E-state index >= 15 is 0 Å². The highest BCUT2D eigenvalue weighted by Crippen LogP contribution is 2.30. The van der Waals surface area contributed by atoms with E-state index in [2.05, 4.69) is 4.72 Å². The van der Waals surface area contributed by atoms with Crippen molar-refractivity contribution in [3.8, 4) is 11.5 Å². The van der Waals surface area contributed by atoms with Gasteiger partial charge in [-0.25, -0.2) is 13.1 Å². The van der Waals surface area contributed by atoms with Crippen LogP contribution in [0.15, 0.2) is 23.1 Å². The van der Waals surface area contributed by atoms with Crippen molar-refractivity contribution < 1.29 is 17.9 Å². The minimum absolute atomic E-state index is 0.129. The molecule has 7 heteroatoms. The van der Waals surface area contributed by atoms with Gasteiger partial charge in [-0.3, -0.25) is 0 Å². The first-order chi connectivity index (χ1) is 9.44. The van der Waals surface area contributed by atoms with E-state index in [1.807, 2.05) is 13.8 Å². The van der Waals surface area contributed by atoms with Crippen LogP contribution in [0.1, 0.15) is 20.8 Å². The molecule has 0 aliphatic heterocycles. The lowest BCUT2D eigenvalue weighted by atomic mass is 10.3. The Bertz CT molecular complexity index is 531. The van der Waals surface area contributed by atoms with Gasteiger partial charge in [0.2, 0.25) is 10.0 Å². The summed E-state index contributed by atoms with van der Waals surface area (Å²) in [5, 5.41) is 0. The molecule has 1 unspecified atom stereocenters. The zero-order chi connectivity index (χ0) is 15.2. The lowest BCUT2D eigenvalue weighted by molar-refractivity contribution is 0.287. The summed E-state index contributed by atoms with van der Waals surface area (Å²) in [7, 11) is -3.61. The van der Waals surface area contributed by atoms with Crippen LogP contribution in [-0.2, 0) is 10.0 Å². The minimum Gasteiger partial charge on any atom is -0.490 e. The van der Waals surface area contributed by atoms with Crippen molar-refractivity contribution in [1.29, 1.82) is 0 Å². The molecule has 0 aromatic heterocycles. The number of nitrogens with two attached hydrogens (primary N) is 1. The second-order valence-corrected chi connectivity index (χ2v) is 5.95. The minimum atomic E-state index is -3.61. The van der Waals surface area contributed by atoms with Crippen LogP contribution in [0, 0.1) is 0 Å². The number of hydrogen-bond donors (Lipinski definition) is 2. The van der Waals surface area contributed by atoms with Gasteiger partial charge >= 0.3 is 0 Å². The van der Waals surface area contributed by atoms with Crippen molar-refractivity contribution >= 4 is 10.0 Å². The van der Waals surface area contributed by atoms with E-state index in [9.17, 15) is 8.42 Å². The van der Waals surface area contributed by atoms with Crippen molar-refractivity contribution in [2.75, 3.05) is 19.8 Å². The predicted octanol–water partition coefficient (Wildman–Crippen LogP) is 1.11. The number of hydrogen-bond acceptors (Lipinski definition) is 5. The second-order valence-electron chi connectivity index (χ2n) is 4.23. The van der Waals surface area contributed by atoms with Crippen LogP contribution in [-0.4, -0.2) is 34.2 Å². The predicted molar refractivity (Wildman–Crippen MR) is 77.6 cm³/mol. The molecule has 1 aromatic carbocycles. The molecule has 0 radical (unpaired) electrons. The molecule has 0 saturated heterocycles. The number of benzene rings is 1. The second kappa shape index (κ2) is 7.47. The zero-order valence-electron chi connectivity index (χ0n) is 12.0. The van der Waals surface area contributed by atoms with E-state index < -0.39 is 10.0 Å². The Hall–Kier alpha value is -1.31. The Morgan fingerprint density at radius 1 is 1.20 bits per heavy atom. The molecule has 20 heavy (non-hydrogen) atoms. The standard InChI is InChI=1S/C13H22N2O4S/c1-4-18-12-7-6-11(8-13(12)19-5-2)20(16,17)15-10(3)9-14/h6-8,10,15H,4-5,9,14H2,1-3H3. The topological polar surface area (TPSA) is 90.7 Å². The Morgan fingerprint density at radius 2 is 1.80 bits per heavy atom. The van der Waals surface area contributed by atoms with E-state index in [0.717, 1.165) is 0 Å². The van der Waals surface area contributed by atoms with E-state index in [1.165, 1.54) is 12.1 Å². The van der Waals surface area contributed by atoms with Crippen molar-refractivity contribution in [2.24, 2.45) is 5.73 Å². The highest BCUT2D eigenvalue weighted by Gasteiger charge is 2.19. The van der Waals surface area contributed by atoms with Gasteiger partial charge < -0.3 is 15.2 Å². The molecule has 0 spiro atoms. The van der Waals surface area contributed by atoms with Crippen molar-refractivity contribution in [1.82, 2.24) is 4.72 Å². The van der Waals surface area contributed by atoms with Crippen LogP contribution >= 0.6 is 0 Å². The number of sulfonamides is 1. The molecule has 3 N–H and O–H groups in total. The molecule has 0 bridgehead atoms. The number of rotatable bonds is 8. The summed E-state index contributed by atoms with van der Waals surface area (Å²) < 4.78 is 37.6. The van der Waals surface area contributed by atoms with Gasteiger partial charge in [-0.2, -0.15) is 0 Å². The Balaban J connectivity index is 3.10. The van der Waals surface area contributed by atoms with E-state index in [0.29, 0.717) is 24.7 Å². The maximum Gasteiger partial charge on any atom is 0.240 e. The smallest absolute Gasteiger partial charge is 0.240 e. The average Bonchev–Trinajstić information content (AvgIpc) is 2.40. The molecule has 0 saturated carbocycles. The van der Waals surface area contributed by atoms with Crippen LogP contribution in [0.3, 0.4) is 0 Å². The molecule has 1 atom stereocenters. The van der Waals surface area contributed by atoms with E-state index in [1.54, 1.807) is 13.0 Å². The molecular weight excluding hydrogens is 280 g/mol. The van der Waals surface area contributed by atoms with Crippen LogP contribution in [0.4, 0.5) is 0 Å². The summed E-state index contributed by atoms with van der Waals surface area (Å²) in [6.45, 7) is 6.52. The van der Waals surface area contributed by atoms with Crippen molar-refractivity contribution in [3.05, 3.63) is 18.2 Å². The molecule has 0 heterocycles. The fourth-order valence-electron chi connectivity index (χ4n) is 1.58. The van der Waals surface area contributed by atoms with Gasteiger partial charge in [0.1, 0.15) is 0 Å². The Kier molecular flexibility index (Phi) is 6.25. The third kappa shape index (κ3) is 4.36. The van der Waals surface area contributed by atoms with Crippen LogP contribution < -0.4 is 19.9 Å². The fraction of sp³-hybridized carbons (Fsp3) is 0.538. The quantitative estimate of drug-likeness (QED) is 0.750. The van der Waals surface area contributed by atoms with E-state index in [-0.39, 0.29) is 17.5 Å². The summed E-state index contributed by atoms with van der Waals surface area (Å²) >= 11 is 0. The van der Waals surface area contributed by atoms with Crippen LogP contribution in [0.25, 0.3) is 0 Å². The molecular formula is C13H22N2O4S. The Labute approximate surface area is 120 Å². The summed E-state index contributed by atoms with van der Waals surface area (Å²) in [6, 6.07) is 4.21. The number of nitrogens with one attached hydrogen (secondary N) is 1. The summed E-state index contributed by atoms with van der Waals surface area (Å²) in [5.74, 6) is 0.942. The van der Waals surface area contributed by atoms with Gasteiger partial charge in [-0.05, 0) is 32.9 Å². The maximum atomic E-state index is 12.2. The molecule has 1 aromatic rings. The van der Waals surface area contributed by atoms with Gasteiger partial charge in [0, 0.05) is 18.7 Å². The van der Waals surface area contributed by atoms with Gasteiger partial charge in [0.05, 0.1) is 18.1 Å². The molecule has 0 fully saturated rings. The SMILES string of the molecule is CCOc1ccc(S(=O)(=O)NC(C)CN)cc1OCC. The van der Waals surface area contributed by atoms with Crippen molar-refractivity contribution in [2.45, 2.75) is 31.7 Å². The van der Waals surface area contributed by atoms with Gasteiger partial charge in [-0.1, -0.05) is 0 Å². The molecule has 6 nitrogen and oxygen atoms in total. The average molecular weight is 302 g/mol. The lowest BCUT2D eigenvalue weighted by Crippen LogP contribution is -2.37. The molecule has 0 aliphatic rings. The third-order valence-corrected chi connectivity index (χ3v) is 4.12. The molecule has 0 aliphatic carbocycles. The molecule has 114 valence electrons. The molecule has 0 amide bonds. The van der Waals surface area contributed by atoms with E-state index in [4.69, 9.17) is 15.2 Å². The third-order valence-electron chi connectivity index (χ3n) is 2.54. The normalized spacial score (nSPS) is 13.0. The first-order valence-electron chi connectivity index (χ1n) is 6.56. The first kappa shape index (κ1) is 16.7. The van der Waals surface area contributed by atoms with Crippen molar-refractivity contribution in [3.63, 3.8) is 0 Å². The van der Waals surface area contributed by atoms with Crippen LogP contribution in [0.5, 0.6) is 11.5 Å². The van der Waals surface area contributed by atoms with Gasteiger partial charge in [0.25, 0.3) is 0 Å². The fourth-order valence-corrected chi connectivity index (χ4v) is 2.85. The summed E-state index contributed by atoms with van der Waals surface area (Å²) in [5.41, 5.74) is 5.43. The first-order valence-corrected chi connectivity index (χ1v) is 8.05. The largest absolute Gasteiger partial charge is 0.490 e. The van der Waals surface area contributed by atoms with Gasteiger partial charge in [0.15, 0.2) is 11.5 Å². The maximum absolute atomic E-state index is 12.2. The summed E-state index contributed by atoms with van der Waals surface area (Å²) in [4.78, 5) is 0.129. The monoisotopic (exact) mass is 302 g/mol. The Morgan fingerprint density at radius 3 is 2.35 bits per heavy atom.